The minimum atomic E-state index is -0.572. The summed E-state index contributed by atoms with van der Waals surface area (Å²) in [6, 6.07) is 5.72. The smallest absolute Gasteiger partial charge is 0.356 e. The van der Waals surface area contributed by atoms with Gasteiger partial charge in [0.05, 0.1) is 12.7 Å². The molecule has 0 spiro atoms. The molecule has 0 bridgehead atoms. The number of esters is 1. The van der Waals surface area contributed by atoms with Crippen molar-refractivity contribution in [3.63, 3.8) is 0 Å². The number of pyridine rings is 1. The first-order chi connectivity index (χ1) is 9.93. The molecule has 0 aliphatic carbocycles. The van der Waals surface area contributed by atoms with Crippen molar-refractivity contribution >= 4 is 23.4 Å². The molecule has 1 heterocycles. The van der Waals surface area contributed by atoms with Gasteiger partial charge in [-0.2, -0.15) is 0 Å². The topological polar surface area (TPSA) is 76.5 Å². The van der Waals surface area contributed by atoms with Gasteiger partial charge in [0, 0.05) is 16.8 Å². The summed E-state index contributed by atoms with van der Waals surface area (Å²) < 4.78 is 4.59. The van der Waals surface area contributed by atoms with Gasteiger partial charge >= 0.3 is 5.97 Å². The molecule has 1 N–H and O–H groups in total. The van der Waals surface area contributed by atoms with E-state index in [1.807, 2.05) is 0 Å². The van der Waals surface area contributed by atoms with Gasteiger partial charge in [-0.25, -0.2) is 9.78 Å². The Bertz CT molecular complexity index is 728. The second-order valence-corrected chi connectivity index (χ2v) is 4.81. The fraction of sp³-hybridized carbons (Fsp3) is 0.133. The number of nitrogens with zero attached hydrogens (tertiary/aromatic N) is 1. The zero-order valence-electron chi connectivity index (χ0n) is 11.4. The van der Waals surface area contributed by atoms with Crippen LogP contribution in [0.3, 0.4) is 0 Å². The highest BCUT2D eigenvalue weighted by Gasteiger charge is 2.18. The van der Waals surface area contributed by atoms with E-state index in [1.165, 1.54) is 37.6 Å². The van der Waals surface area contributed by atoms with E-state index in [4.69, 9.17) is 11.6 Å². The first-order valence-electron chi connectivity index (χ1n) is 6.02. The van der Waals surface area contributed by atoms with Gasteiger partial charge < -0.3 is 9.84 Å². The normalized spacial score (nSPS) is 10.2. The number of phenols is 1. The summed E-state index contributed by atoms with van der Waals surface area (Å²) in [4.78, 5) is 27.7. The van der Waals surface area contributed by atoms with Crippen molar-refractivity contribution in [2.75, 3.05) is 7.11 Å². The molecular formula is C15H12ClNO4. The molecule has 0 aliphatic heterocycles. The average molecular weight is 306 g/mol. The third-order valence-electron chi connectivity index (χ3n) is 2.92. The van der Waals surface area contributed by atoms with Crippen LogP contribution >= 0.6 is 11.6 Å². The molecule has 0 aliphatic rings. The Balaban J connectivity index is 2.43. The number of aromatic hydroxyl groups is 1. The molecule has 21 heavy (non-hydrogen) atoms. The lowest BCUT2D eigenvalue weighted by Crippen LogP contribution is -2.10. The predicted molar refractivity (Wildman–Crippen MR) is 76.9 cm³/mol. The van der Waals surface area contributed by atoms with Crippen molar-refractivity contribution in [1.29, 1.82) is 0 Å². The Kier molecular flexibility index (Phi) is 4.23. The molecule has 0 saturated heterocycles. The number of carbonyl (C=O) groups excluding carboxylic acids is 2. The maximum atomic E-state index is 12.3. The molecule has 0 amide bonds. The number of ketones is 1. The molecule has 0 unspecified atom stereocenters. The molecule has 5 nitrogen and oxygen atoms in total. The van der Waals surface area contributed by atoms with Crippen LogP contribution in [0.4, 0.5) is 0 Å². The van der Waals surface area contributed by atoms with Crippen molar-refractivity contribution < 1.29 is 19.4 Å². The van der Waals surface area contributed by atoms with Crippen LogP contribution < -0.4 is 0 Å². The minimum absolute atomic E-state index is 0.0783. The number of aromatic nitrogens is 1. The van der Waals surface area contributed by atoms with Crippen LogP contribution in [0.2, 0.25) is 5.02 Å². The number of halogens is 1. The lowest BCUT2D eigenvalue weighted by atomic mass is 10.0. The van der Waals surface area contributed by atoms with E-state index in [-0.39, 0.29) is 22.6 Å². The van der Waals surface area contributed by atoms with Crippen LogP contribution in [0.1, 0.15) is 32.0 Å². The highest BCUT2D eigenvalue weighted by Crippen LogP contribution is 2.24. The molecule has 0 radical (unpaired) electrons. The van der Waals surface area contributed by atoms with E-state index in [9.17, 15) is 14.7 Å². The second-order valence-electron chi connectivity index (χ2n) is 4.37. The number of carbonyl (C=O) groups is 2. The second kappa shape index (κ2) is 5.93. The Morgan fingerprint density at radius 3 is 2.62 bits per heavy atom. The molecule has 1 aromatic heterocycles. The third kappa shape index (κ3) is 3.03. The summed E-state index contributed by atoms with van der Waals surface area (Å²) in [5.74, 6) is -1.17. The van der Waals surface area contributed by atoms with Crippen molar-refractivity contribution in [2.45, 2.75) is 6.92 Å². The standard InChI is InChI=1S/C15H12ClNO4/c1-8-5-9(7-17-13(8)15(20)21-2)14(19)11-6-10(16)3-4-12(11)18/h3-7,18H,1-2H3. The van der Waals surface area contributed by atoms with Gasteiger partial charge in [-0.15, -0.1) is 0 Å². The Morgan fingerprint density at radius 1 is 1.29 bits per heavy atom. The molecule has 1 aromatic carbocycles. The predicted octanol–water partition coefficient (Wildman–Crippen LogP) is 2.77. The fourth-order valence-corrected chi connectivity index (χ4v) is 2.03. The van der Waals surface area contributed by atoms with Crippen LogP contribution in [-0.2, 0) is 4.74 Å². The van der Waals surface area contributed by atoms with Crippen LogP contribution in [-0.4, -0.2) is 29.0 Å². The summed E-state index contributed by atoms with van der Waals surface area (Å²) in [6.45, 7) is 1.65. The van der Waals surface area contributed by atoms with E-state index in [0.717, 1.165) is 0 Å². The molecular weight excluding hydrogens is 294 g/mol. The fourth-order valence-electron chi connectivity index (χ4n) is 1.85. The quantitative estimate of drug-likeness (QED) is 0.697. The molecule has 2 aromatic rings. The molecule has 2 rings (SSSR count). The van der Waals surface area contributed by atoms with Gasteiger partial charge in [0.1, 0.15) is 5.75 Å². The van der Waals surface area contributed by atoms with Gasteiger partial charge in [-0.1, -0.05) is 11.6 Å². The highest BCUT2D eigenvalue weighted by molar-refractivity contribution is 6.31. The number of aryl methyl sites for hydroxylation is 1. The van der Waals surface area contributed by atoms with Crippen molar-refractivity contribution in [1.82, 2.24) is 4.98 Å². The Morgan fingerprint density at radius 2 is 2.00 bits per heavy atom. The number of ether oxygens (including phenoxy) is 1. The molecule has 0 fully saturated rings. The van der Waals surface area contributed by atoms with Crippen LogP contribution in [0.5, 0.6) is 5.75 Å². The Labute approximate surface area is 126 Å². The van der Waals surface area contributed by atoms with Gasteiger partial charge in [0.25, 0.3) is 0 Å². The summed E-state index contributed by atoms with van der Waals surface area (Å²) in [6.07, 6.45) is 1.27. The molecule has 6 heteroatoms. The maximum absolute atomic E-state index is 12.3. The van der Waals surface area contributed by atoms with Gasteiger partial charge in [0.15, 0.2) is 11.5 Å². The van der Waals surface area contributed by atoms with E-state index >= 15 is 0 Å². The third-order valence-corrected chi connectivity index (χ3v) is 3.16. The largest absolute Gasteiger partial charge is 0.507 e. The van der Waals surface area contributed by atoms with Gasteiger partial charge in [-0.3, -0.25) is 4.79 Å². The monoisotopic (exact) mass is 305 g/mol. The molecule has 0 saturated carbocycles. The summed E-state index contributed by atoms with van der Waals surface area (Å²) >= 11 is 5.83. The number of hydrogen-bond donors (Lipinski definition) is 1. The van der Waals surface area contributed by atoms with E-state index in [2.05, 4.69) is 9.72 Å². The zero-order chi connectivity index (χ0) is 15.6. The van der Waals surface area contributed by atoms with Gasteiger partial charge in [-0.05, 0) is 36.8 Å². The minimum Gasteiger partial charge on any atom is -0.507 e. The lowest BCUT2D eigenvalue weighted by molar-refractivity contribution is 0.0592. The number of phenolic OH excluding ortho intramolecular Hbond substituents is 1. The summed E-state index contributed by atoms with van der Waals surface area (Å²) in [7, 11) is 1.26. The number of benzene rings is 1. The molecule has 0 atom stereocenters. The SMILES string of the molecule is COC(=O)c1ncc(C(=O)c2cc(Cl)ccc2O)cc1C. The molecule has 108 valence electrons. The first-order valence-corrected chi connectivity index (χ1v) is 6.40. The van der Waals surface area contributed by atoms with Crippen molar-refractivity contribution in [3.05, 3.63) is 57.9 Å². The van der Waals surface area contributed by atoms with E-state index in [1.54, 1.807) is 6.92 Å². The lowest BCUT2D eigenvalue weighted by Gasteiger charge is -2.07. The van der Waals surface area contributed by atoms with Crippen molar-refractivity contribution in [3.8, 4) is 5.75 Å². The Hall–Kier alpha value is -2.40. The highest BCUT2D eigenvalue weighted by atomic mass is 35.5. The van der Waals surface area contributed by atoms with Gasteiger partial charge in [0.2, 0.25) is 0 Å². The zero-order valence-corrected chi connectivity index (χ0v) is 12.1. The summed E-state index contributed by atoms with van der Waals surface area (Å²) in [5, 5.41) is 10.1. The van der Waals surface area contributed by atoms with Crippen molar-refractivity contribution in [2.24, 2.45) is 0 Å². The number of methoxy groups -OCH3 is 1. The van der Waals surface area contributed by atoms with E-state index in [0.29, 0.717) is 10.6 Å². The van der Waals surface area contributed by atoms with Crippen LogP contribution in [0.15, 0.2) is 30.5 Å². The number of rotatable bonds is 3. The van der Waals surface area contributed by atoms with E-state index < -0.39 is 11.8 Å². The maximum Gasteiger partial charge on any atom is 0.356 e. The van der Waals surface area contributed by atoms with Crippen LogP contribution in [0.25, 0.3) is 0 Å². The van der Waals surface area contributed by atoms with Crippen LogP contribution in [0, 0.1) is 6.92 Å². The average Bonchev–Trinajstić information content (AvgIpc) is 2.48. The number of hydrogen-bond acceptors (Lipinski definition) is 5. The first kappa shape index (κ1) is 15.0. The summed E-state index contributed by atoms with van der Waals surface area (Å²) in [5.41, 5.74) is 0.978.